The molecule has 0 unspecified atom stereocenters. The Morgan fingerprint density at radius 3 is 2.29 bits per heavy atom. The number of ether oxygens (including phenoxy) is 1. The maximum Gasteiger partial charge on any atom is 0.122 e. The number of hydrogen-bond acceptors (Lipinski definition) is 2. The Morgan fingerprint density at radius 2 is 1.71 bits per heavy atom. The fraction of sp³-hybridized carbons (Fsp3) is 0.600. The van der Waals surface area contributed by atoms with E-state index in [1.54, 1.807) is 7.11 Å². The highest BCUT2D eigenvalue weighted by Gasteiger charge is 2.14. The van der Waals surface area contributed by atoms with Crippen LogP contribution in [0.3, 0.4) is 0 Å². The third kappa shape index (κ3) is 4.04. The van der Waals surface area contributed by atoms with E-state index in [4.69, 9.17) is 4.74 Å². The standard InChI is InChI=1S/C11H15NO.2C2H6/c1-8-3-4-11(13-2)9-5-6-12-7-10(8)9;2*1-2/h3-4,12H,5-7H2,1-2H3;2*1-2H3. The van der Waals surface area contributed by atoms with Crippen molar-refractivity contribution in [3.05, 3.63) is 28.8 Å². The van der Waals surface area contributed by atoms with Gasteiger partial charge in [-0.25, -0.2) is 0 Å². The highest BCUT2D eigenvalue weighted by atomic mass is 16.5. The summed E-state index contributed by atoms with van der Waals surface area (Å²) in [6, 6.07) is 4.20. The van der Waals surface area contributed by atoms with Crippen LogP contribution in [0.15, 0.2) is 12.1 Å². The van der Waals surface area contributed by atoms with Crippen LogP contribution in [0.4, 0.5) is 0 Å². The van der Waals surface area contributed by atoms with Crippen molar-refractivity contribution < 1.29 is 4.74 Å². The second-order valence-electron chi connectivity index (χ2n) is 3.47. The fourth-order valence-electron chi connectivity index (χ4n) is 1.93. The lowest BCUT2D eigenvalue weighted by Crippen LogP contribution is -2.24. The van der Waals surface area contributed by atoms with Crippen molar-refractivity contribution in [3.63, 3.8) is 0 Å². The van der Waals surface area contributed by atoms with E-state index < -0.39 is 0 Å². The SMILES string of the molecule is CC.CC.COc1ccc(C)c2c1CCNC2. The molecule has 0 spiro atoms. The van der Waals surface area contributed by atoms with Gasteiger partial charge in [0.15, 0.2) is 0 Å². The number of hydrogen-bond donors (Lipinski definition) is 1. The van der Waals surface area contributed by atoms with Crippen LogP contribution in [0, 0.1) is 6.92 Å². The monoisotopic (exact) mass is 237 g/mol. The second kappa shape index (κ2) is 9.06. The molecular weight excluding hydrogens is 210 g/mol. The molecule has 1 N–H and O–H groups in total. The normalized spacial score (nSPS) is 12.4. The van der Waals surface area contributed by atoms with Gasteiger partial charge in [-0.2, -0.15) is 0 Å². The van der Waals surface area contributed by atoms with Gasteiger partial charge in [-0.05, 0) is 37.1 Å². The summed E-state index contributed by atoms with van der Waals surface area (Å²) in [4.78, 5) is 0. The van der Waals surface area contributed by atoms with E-state index in [1.807, 2.05) is 27.7 Å². The first-order valence-electron chi connectivity index (χ1n) is 6.69. The molecule has 2 nitrogen and oxygen atoms in total. The van der Waals surface area contributed by atoms with Crippen LogP contribution in [-0.2, 0) is 13.0 Å². The van der Waals surface area contributed by atoms with Crippen LogP contribution in [0.25, 0.3) is 0 Å². The summed E-state index contributed by atoms with van der Waals surface area (Å²) >= 11 is 0. The Morgan fingerprint density at radius 1 is 1.06 bits per heavy atom. The van der Waals surface area contributed by atoms with Crippen molar-refractivity contribution in [1.82, 2.24) is 5.32 Å². The molecule has 98 valence electrons. The second-order valence-corrected chi connectivity index (χ2v) is 3.47. The van der Waals surface area contributed by atoms with Gasteiger partial charge < -0.3 is 10.1 Å². The molecule has 17 heavy (non-hydrogen) atoms. The van der Waals surface area contributed by atoms with Gasteiger partial charge in [0.2, 0.25) is 0 Å². The number of benzene rings is 1. The van der Waals surface area contributed by atoms with Gasteiger partial charge in [-0.15, -0.1) is 0 Å². The van der Waals surface area contributed by atoms with E-state index in [2.05, 4.69) is 24.4 Å². The highest BCUT2D eigenvalue weighted by Crippen LogP contribution is 2.27. The molecule has 0 bridgehead atoms. The number of rotatable bonds is 1. The predicted molar refractivity (Wildman–Crippen MR) is 75.8 cm³/mol. The first kappa shape index (κ1) is 16.0. The Balaban J connectivity index is 0.000000581. The summed E-state index contributed by atoms with van der Waals surface area (Å²) in [6.45, 7) is 12.2. The molecule has 0 amide bonds. The third-order valence-corrected chi connectivity index (χ3v) is 2.70. The summed E-state index contributed by atoms with van der Waals surface area (Å²) in [5.74, 6) is 1.04. The molecule has 2 rings (SSSR count). The minimum atomic E-state index is 0.984. The van der Waals surface area contributed by atoms with E-state index in [0.29, 0.717) is 0 Å². The zero-order chi connectivity index (χ0) is 13.3. The zero-order valence-electron chi connectivity index (χ0n) is 12.2. The Kier molecular flexibility index (Phi) is 8.51. The van der Waals surface area contributed by atoms with E-state index in [1.165, 1.54) is 16.7 Å². The van der Waals surface area contributed by atoms with E-state index >= 15 is 0 Å². The lowest BCUT2D eigenvalue weighted by atomic mass is 9.96. The van der Waals surface area contributed by atoms with Crippen molar-refractivity contribution in [2.45, 2.75) is 47.6 Å². The molecule has 2 heteroatoms. The Labute approximate surface area is 106 Å². The average Bonchev–Trinajstić information content (AvgIpc) is 2.44. The lowest BCUT2D eigenvalue weighted by Gasteiger charge is -2.21. The largest absolute Gasteiger partial charge is 0.496 e. The molecule has 1 aromatic carbocycles. The summed E-state index contributed by atoms with van der Waals surface area (Å²) in [6.07, 6.45) is 1.08. The van der Waals surface area contributed by atoms with Crippen LogP contribution in [0.1, 0.15) is 44.4 Å². The smallest absolute Gasteiger partial charge is 0.122 e. The number of methoxy groups -OCH3 is 1. The Bertz CT molecular complexity index is 321. The predicted octanol–water partition coefficient (Wildman–Crippen LogP) is 3.70. The molecule has 0 saturated heterocycles. The molecular formula is C15H27NO. The molecule has 0 radical (unpaired) electrons. The minimum Gasteiger partial charge on any atom is -0.496 e. The average molecular weight is 237 g/mol. The molecule has 0 fully saturated rings. The maximum atomic E-state index is 5.34. The van der Waals surface area contributed by atoms with Crippen molar-refractivity contribution >= 4 is 0 Å². The number of fused-ring (bicyclic) bond motifs is 1. The topological polar surface area (TPSA) is 21.3 Å². The van der Waals surface area contributed by atoms with Crippen LogP contribution >= 0.6 is 0 Å². The van der Waals surface area contributed by atoms with Gasteiger partial charge in [-0.1, -0.05) is 33.8 Å². The van der Waals surface area contributed by atoms with Crippen LogP contribution in [0.5, 0.6) is 5.75 Å². The van der Waals surface area contributed by atoms with Gasteiger partial charge in [0, 0.05) is 12.1 Å². The van der Waals surface area contributed by atoms with Crippen LogP contribution < -0.4 is 10.1 Å². The molecule has 0 aromatic heterocycles. The van der Waals surface area contributed by atoms with Gasteiger partial charge in [0.1, 0.15) is 5.75 Å². The quantitative estimate of drug-likeness (QED) is 0.804. The van der Waals surface area contributed by atoms with E-state index in [0.717, 1.165) is 25.3 Å². The molecule has 0 saturated carbocycles. The third-order valence-electron chi connectivity index (χ3n) is 2.70. The van der Waals surface area contributed by atoms with E-state index in [9.17, 15) is 0 Å². The first-order valence-corrected chi connectivity index (χ1v) is 6.69. The fourth-order valence-corrected chi connectivity index (χ4v) is 1.93. The highest BCUT2D eigenvalue weighted by molar-refractivity contribution is 5.45. The van der Waals surface area contributed by atoms with Crippen molar-refractivity contribution in [3.8, 4) is 5.75 Å². The molecule has 1 aliphatic heterocycles. The molecule has 1 aliphatic rings. The van der Waals surface area contributed by atoms with Gasteiger partial charge >= 0.3 is 0 Å². The summed E-state index contributed by atoms with van der Waals surface area (Å²) < 4.78 is 5.34. The van der Waals surface area contributed by atoms with Crippen molar-refractivity contribution in [2.75, 3.05) is 13.7 Å². The Hall–Kier alpha value is -1.02. The molecule has 1 heterocycles. The van der Waals surface area contributed by atoms with E-state index in [-0.39, 0.29) is 0 Å². The minimum absolute atomic E-state index is 0.984. The van der Waals surface area contributed by atoms with Gasteiger partial charge in [-0.3, -0.25) is 0 Å². The summed E-state index contributed by atoms with van der Waals surface area (Å²) in [7, 11) is 1.74. The zero-order valence-corrected chi connectivity index (χ0v) is 12.2. The first-order chi connectivity index (χ1) is 8.33. The lowest BCUT2D eigenvalue weighted by molar-refractivity contribution is 0.405. The number of nitrogens with one attached hydrogen (secondary N) is 1. The van der Waals surface area contributed by atoms with Crippen molar-refractivity contribution in [2.24, 2.45) is 0 Å². The molecule has 0 aliphatic carbocycles. The summed E-state index contributed by atoms with van der Waals surface area (Å²) in [5, 5.41) is 3.38. The summed E-state index contributed by atoms with van der Waals surface area (Å²) in [5.41, 5.74) is 4.18. The molecule has 0 atom stereocenters. The van der Waals surface area contributed by atoms with Gasteiger partial charge in [0.25, 0.3) is 0 Å². The number of aryl methyl sites for hydroxylation is 1. The molecule has 1 aromatic rings. The van der Waals surface area contributed by atoms with Crippen molar-refractivity contribution in [1.29, 1.82) is 0 Å². The van der Waals surface area contributed by atoms with Crippen LogP contribution in [0.2, 0.25) is 0 Å². The van der Waals surface area contributed by atoms with Gasteiger partial charge in [0.05, 0.1) is 7.11 Å². The van der Waals surface area contributed by atoms with Crippen LogP contribution in [-0.4, -0.2) is 13.7 Å². The maximum absolute atomic E-state index is 5.34.